The normalized spacial score (nSPS) is 10.9. The lowest BCUT2D eigenvalue weighted by atomic mass is 10.2. The predicted molar refractivity (Wildman–Crippen MR) is 61.3 cm³/mol. The van der Waals surface area contributed by atoms with Crippen LogP contribution >= 0.6 is 12.6 Å². The van der Waals surface area contributed by atoms with Gasteiger partial charge in [0.15, 0.2) is 0 Å². The van der Waals surface area contributed by atoms with Crippen LogP contribution in [0.5, 0.6) is 0 Å². The Morgan fingerprint density at radius 2 is 2.15 bits per heavy atom. The van der Waals surface area contributed by atoms with E-state index in [1.54, 1.807) is 0 Å². The van der Waals surface area contributed by atoms with Gasteiger partial charge in [0.1, 0.15) is 0 Å². The quantitative estimate of drug-likeness (QED) is 0.553. The van der Waals surface area contributed by atoms with Crippen molar-refractivity contribution in [2.45, 2.75) is 11.3 Å². The van der Waals surface area contributed by atoms with Gasteiger partial charge in [-0.1, -0.05) is 30.4 Å². The molecule has 13 heavy (non-hydrogen) atoms. The van der Waals surface area contributed by atoms with Gasteiger partial charge in [0.25, 0.3) is 0 Å². The van der Waals surface area contributed by atoms with Crippen molar-refractivity contribution in [3.8, 4) is 0 Å². The smallest absolute Gasteiger partial charge is 0.0112 e. The molecule has 0 radical (unpaired) electrons. The van der Waals surface area contributed by atoms with Gasteiger partial charge in [0.2, 0.25) is 0 Å². The molecule has 0 bridgehead atoms. The van der Waals surface area contributed by atoms with Crippen molar-refractivity contribution in [3.63, 3.8) is 0 Å². The third-order valence-corrected chi connectivity index (χ3v) is 2.20. The maximum atomic E-state index is 4.36. The molecule has 2 heteroatoms. The van der Waals surface area contributed by atoms with Crippen LogP contribution in [0.4, 0.5) is 0 Å². The van der Waals surface area contributed by atoms with E-state index in [1.807, 2.05) is 25.2 Å². The minimum Gasteiger partial charge on any atom is -0.319 e. The fourth-order valence-corrected chi connectivity index (χ4v) is 1.30. The summed E-state index contributed by atoms with van der Waals surface area (Å²) in [4.78, 5) is 1.03. The van der Waals surface area contributed by atoms with Crippen LogP contribution in [-0.2, 0) is 0 Å². The number of rotatable bonds is 4. The minimum atomic E-state index is 1.02. The van der Waals surface area contributed by atoms with Crippen molar-refractivity contribution in [3.05, 3.63) is 35.9 Å². The minimum absolute atomic E-state index is 1.02. The van der Waals surface area contributed by atoms with E-state index >= 15 is 0 Å². The van der Waals surface area contributed by atoms with E-state index in [-0.39, 0.29) is 0 Å². The first kappa shape index (κ1) is 10.4. The SMILES string of the molecule is CNCCC=Cc1ccccc1S. The Kier molecular flexibility index (Phi) is 4.65. The van der Waals surface area contributed by atoms with Crippen LogP contribution in [-0.4, -0.2) is 13.6 Å². The molecule has 1 rings (SSSR count). The highest BCUT2D eigenvalue weighted by Crippen LogP contribution is 2.14. The molecule has 0 atom stereocenters. The first-order chi connectivity index (χ1) is 6.34. The highest BCUT2D eigenvalue weighted by molar-refractivity contribution is 7.80. The lowest BCUT2D eigenvalue weighted by Gasteiger charge is -1.97. The molecule has 0 spiro atoms. The summed E-state index contributed by atoms with van der Waals surface area (Å²) in [6.07, 6.45) is 5.32. The summed E-state index contributed by atoms with van der Waals surface area (Å²) in [6.45, 7) is 1.02. The Morgan fingerprint density at radius 1 is 1.38 bits per heavy atom. The van der Waals surface area contributed by atoms with E-state index in [0.29, 0.717) is 0 Å². The van der Waals surface area contributed by atoms with Crippen LogP contribution in [0.2, 0.25) is 0 Å². The largest absolute Gasteiger partial charge is 0.319 e. The molecule has 1 N–H and O–H groups in total. The van der Waals surface area contributed by atoms with E-state index in [9.17, 15) is 0 Å². The van der Waals surface area contributed by atoms with Gasteiger partial charge in [0, 0.05) is 4.90 Å². The Labute approximate surface area is 85.3 Å². The zero-order valence-corrected chi connectivity index (χ0v) is 8.72. The molecule has 0 aliphatic carbocycles. The number of thiol groups is 1. The molecule has 0 heterocycles. The molecule has 1 aromatic carbocycles. The summed E-state index contributed by atoms with van der Waals surface area (Å²) >= 11 is 4.36. The molecular weight excluding hydrogens is 178 g/mol. The summed E-state index contributed by atoms with van der Waals surface area (Å²) in [5.74, 6) is 0. The molecule has 1 nitrogen and oxygen atoms in total. The van der Waals surface area contributed by atoms with Gasteiger partial charge < -0.3 is 5.32 Å². The zero-order chi connectivity index (χ0) is 9.52. The van der Waals surface area contributed by atoms with Gasteiger partial charge in [0.05, 0.1) is 0 Å². The molecule has 0 saturated carbocycles. The first-order valence-electron chi connectivity index (χ1n) is 4.43. The van der Waals surface area contributed by atoms with Crippen LogP contribution in [0.3, 0.4) is 0 Å². The number of hydrogen-bond donors (Lipinski definition) is 2. The molecule has 0 aromatic heterocycles. The summed E-state index contributed by atoms with van der Waals surface area (Å²) in [5.41, 5.74) is 1.18. The molecule has 1 aromatic rings. The average Bonchev–Trinajstić information content (AvgIpc) is 2.15. The topological polar surface area (TPSA) is 12.0 Å². The summed E-state index contributed by atoms with van der Waals surface area (Å²) < 4.78 is 0. The summed E-state index contributed by atoms with van der Waals surface area (Å²) in [6, 6.07) is 8.09. The Morgan fingerprint density at radius 3 is 2.85 bits per heavy atom. The lowest BCUT2D eigenvalue weighted by molar-refractivity contribution is 0.809. The van der Waals surface area contributed by atoms with Crippen LogP contribution in [0, 0.1) is 0 Å². The fourth-order valence-electron chi connectivity index (χ4n) is 1.07. The highest BCUT2D eigenvalue weighted by atomic mass is 32.1. The van der Waals surface area contributed by atoms with Gasteiger partial charge >= 0.3 is 0 Å². The Bertz CT molecular complexity index is 281. The van der Waals surface area contributed by atoms with Crippen molar-refractivity contribution in [1.82, 2.24) is 5.32 Å². The second kappa shape index (κ2) is 5.84. The van der Waals surface area contributed by atoms with Gasteiger partial charge in [-0.05, 0) is 31.6 Å². The molecule has 0 fully saturated rings. The number of nitrogens with one attached hydrogen (secondary N) is 1. The van der Waals surface area contributed by atoms with Gasteiger partial charge in [-0.2, -0.15) is 0 Å². The van der Waals surface area contributed by atoms with Crippen molar-refractivity contribution in [2.24, 2.45) is 0 Å². The number of hydrogen-bond acceptors (Lipinski definition) is 2. The Balaban J connectivity index is 2.53. The van der Waals surface area contributed by atoms with E-state index in [0.717, 1.165) is 17.9 Å². The van der Waals surface area contributed by atoms with Crippen LogP contribution in [0.25, 0.3) is 6.08 Å². The van der Waals surface area contributed by atoms with Crippen LogP contribution < -0.4 is 5.32 Å². The monoisotopic (exact) mass is 193 g/mol. The van der Waals surface area contributed by atoms with Crippen molar-refractivity contribution < 1.29 is 0 Å². The Hall–Kier alpha value is -0.730. The average molecular weight is 193 g/mol. The van der Waals surface area contributed by atoms with E-state index in [2.05, 4.69) is 36.2 Å². The maximum absolute atomic E-state index is 4.36. The zero-order valence-electron chi connectivity index (χ0n) is 7.83. The van der Waals surface area contributed by atoms with Crippen LogP contribution in [0.1, 0.15) is 12.0 Å². The van der Waals surface area contributed by atoms with Gasteiger partial charge in [-0.3, -0.25) is 0 Å². The highest BCUT2D eigenvalue weighted by Gasteiger charge is 1.90. The second-order valence-electron chi connectivity index (χ2n) is 2.85. The summed E-state index contributed by atoms with van der Waals surface area (Å²) in [7, 11) is 1.96. The maximum Gasteiger partial charge on any atom is 0.0112 e. The van der Waals surface area contributed by atoms with Gasteiger partial charge in [-0.25, -0.2) is 0 Å². The molecule has 70 valence electrons. The van der Waals surface area contributed by atoms with E-state index < -0.39 is 0 Å². The first-order valence-corrected chi connectivity index (χ1v) is 4.88. The van der Waals surface area contributed by atoms with E-state index in [1.165, 1.54) is 5.56 Å². The fraction of sp³-hybridized carbons (Fsp3) is 0.273. The van der Waals surface area contributed by atoms with E-state index in [4.69, 9.17) is 0 Å². The standard InChI is InChI=1S/C11H15NS/c1-12-9-5-4-7-10-6-2-3-8-11(10)13/h2-4,6-8,12-13H,5,9H2,1H3. The predicted octanol–water partition coefficient (Wildman–Crippen LogP) is 2.60. The van der Waals surface area contributed by atoms with Crippen LogP contribution in [0.15, 0.2) is 35.2 Å². The van der Waals surface area contributed by atoms with Gasteiger partial charge in [-0.15, -0.1) is 12.6 Å². The van der Waals surface area contributed by atoms with Crippen molar-refractivity contribution in [2.75, 3.05) is 13.6 Å². The molecule has 0 aliphatic rings. The number of benzene rings is 1. The molecule has 0 aliphatic heterocycles. The molecule has 0 saturated heterocycles. The third kappa shape index (κ3) is 3.66. The summed E-state index contributed by atoms with van der Waals surface area (Å²) in [5, 5.41) is 3.10. The molecule has 0 amide bonds. The molecule has 0 unspecified atom stereocenters. The lowest BCUT2D eigenvalue weighted by Crippen LogP contribution is -2.05. The van der Waals surface area contributed by atoms with Crippen molar-refractivity contribution in [1.29, 1.82) is 0 Å². The second-order valence-corrected chi connectivity index (χ2v) is 3.34. The molecular formula is C11H15NS. The third-order valence-electron chi connectivity index (χ3n) is 1.80. The van der Waals surface area contributed by atoms with Crippen molar-refractivity contribution >= 4 is 18.7 Å².